The zero-order chi connectivity index (χ0) is 24.0. The van der Waals surface area contributed by atoms with E-state index in [0.29, 0.717) is 22.9 Å². The summed E-state index contributed by atoms with van der Waals surface area (Å²) in [5.74, 6) is 0.656. The second kappa shape index (κ2) is 10.6. The molecule has 0 spiro atoms. The molecule has 0 aliphatic rings. The molecule has 9 heteroatoms. The number of nitrogens with zero attached hydrogens (tertiary/aromatic N) is 2. The molecule has 3 rings (SSSR count). The second-order valence-corrected chi connectivity index (χ2v) is 10.1. The quantitative estimate of drug-likeness (QED) is 0.330. The van der Waals surface area contributed by atoms with Crippen molar-refractivity contribution in [3.63, 3.8) is 0 Å². The highest BCUT2D eigenvalue weighted by atomic mass is 79.9. The van der Waals surface area contributed by atoms with Gasteiger partial charge in [-0.1, -0.05) is 46.3 Å². The van der Waals surface area contributed by atoms with Gasteiger partial charge in [-0.05, 0) is 67.9 Å². The Morgan fingerprint density at radius 1 is 0.970 bits per heavy atom. The topological polar surface area (TPSA) is 88.1 Å². The molecule has 0 aromatic heterocycles. The van der Waals surface area contributed by atoms with E-state index < -0.39 is 22.0 Å². The van der Waals surface area contributed by atoms with E-state index in [9.17, 15) is 13.2 Å². The van der Waals surface area contributed by atoms with Crippen LogP contribution in [0.2, 0.25) is 0 Å². The number of halogens is 1. The maximum atomic E-state index is 12.7. The number of amides is 1. The van der Waals surface area contributed by atoms with Gasteiger partial charge in [0.25, 0.3) is 5.91 Å². The van der Waals surface area contributed by atoms with Crippen LogP contribution in [0, 0.1) is 0 Å². The van der Waals surface area contributed by atoms with Crippen LogP contribution in [0.25, 0.3) is 0 Å². The molecule has 1 atom stereocenters. The van der Waals surface area contributed by atoms with Gasteiger partial charge in [0.15, 0.2) is 0 Å². The van der Waals surface area contributed by atoms with E-state index in [1.807, 2.05) is 54.6 Å². The third-order valence-corrected chi connectivity index (χ3v) is 6.52. The maximum absolute atomic E-state index is 12.7. The standard InChI is InChI=1S/C24H24BrN3O4S/c1-17(19-9-11-20(25)12-10-19)26-27-24(29)18(2)28(33(3,30)31)21-13-15-23(16-14-21)32-22-7-5-4-6-8-22/h4-16,18H,1-3H3,(H,27,29)/b26-17-/t18-/m1/s1. The molecule has 7 nitrogen and oxygen atoms in total. The molecule has 1 N–H and O–H groups in total. The van der Waals surface area contributed by atoms with Crippen molar-refractivity contribution in [2.24, 2.45) is 5.10 Å². The summed E-state index contributed by atoms with van der Waals surface area (Å²) in [5.41, 5.74) is 4.24. The van der Waals surface area contributed by atoms with Gasteiger partial charge < -0.3 is 4.74 Å². The van der Waals surface area contributed by atoms with Gasteiger partial charge in [0.2, 0.25) is 10.0 Å². The molecule has 0 bridgehead atoms. The Morgan fingerprint density at radius 3 is 2.12 bits per heavy atom. The number of rotatable bonds is 8. The molecule has 0 saturated heterocycles. The van der Waals surface area contributed by atoms with Crippen LogP contribution in [0.1, 0.15) is 19.4 Å². The van der Waals surface area contributed by atoms with E-state index >= 15 is 0 Å². The Kier molecular flexibility index (Phi) is 7.88. The van der Waals surface area contributed by atoms with Crippen LogP contribution in [0.4, 0.5) is 5.69 Å². The van der Waals surface area contributed by atoms with Crippen LogP contribution >= 0.6 is 15.9 Å². The predicted octanol–water partition coefficient (Wildman–Crippen LogP) is 4.94. The first kappa shape index (κ1) is 24.5. The molecule has 1 amide bonds. The lowest BCUT2D eigenvalue weighted by Crippen LogP contribution is -2.46. The predicted molar refractivity (Wildman–Crippen MR) is 134 cm³/mol. The van der Waals surface area contributed by atoms with Gasteiger partial charge in [0.05, 0.1) is 17.7 Å². The number of carbonyl (C=O) groups excluding carboxylic acids is 1. The number of anilines is 1. The third-order valence-electron chi connectivity index (χ3n) is 4.75. The summed E-state index contributed by atoms with van der Waals surface area (Å²) < 4.78 is 32.8. The van der Waals surface area contributed by atoms with Crippen LogP contribution in [0.15, 0.2) is 88.4 Å². The van der Waals surface area contributed by atoms with E-state index in [0.717, 1.165) is 20.6 Å². The first-order valence-corrected chi connectivity index (χ1v) is 12.7. The zero-order valence-electron chi connectivity index (χ0n) is 18.4. The summed E-state index contributed by atoms with van der Waals surface area (Å²) >= 11 is 3.37. The van der Waals surface area contributed by atoms with Crippen LogP contribution in [0.5, 0.6) is 11.5 Å². The highest BCUT2D eigenvalue weighted by molar-refractivity contribution is 9.10. The van der Waals surface area contributed by atoms with Gasteiger partial charge in [-0.25, -0.2) is 13.8 Å². The van der Waals surface area contributed by atoms with E-state index in [4.69, 9.17) is 4.74 Å². The van der Waals surface area contributed by atoms with Gasteiger partial charge in [-0.15, -0.1) is 0 Å². The van der Waals surface area contributed by atoms with Crippen molar-refractivity contribution in [3.05, 3.63) is 88.9 Å². The Labute approximate surface area is 202 Å². The van der Waals surface area contributed by atoms with Crippen molar-refractivity contribution in [2.45, 2.75) is 19.9 Å². The molecule has 0 fully saturated rings. The first-order chi connectivity index (χ1) is 15.6. The molecule has 0 unspecified atom stereocenters. The lowest BCUT2D eigenvalue weighted by molar-refractivity contribution is -0.121. The number of hydrogen-bond donors (Lipinski definition) is 1. The monoisotopic (exact) mass is 529 g/mol. The lowest BCUT2D eigenvalue weighted by atomic mass is 10.1. The zero-order valence-corrected chi connectivity index (χ0v) is 20.8. The molecule has 0 saturated carbocycles. The SMILES string of the molecule is C/C(=N/NC(=O)[C@@H](C)N(c1ccc(Oc2ccccc2)cc1)S(C)(=O)=O)c1ccc(Br)cc1. The van der Waals surface area contributed by atoms with Crippen molar-refractivity contribution in [1.82, 2.24) is 5.43 Å². The molecule has 33 heavy (non-hydrogen) atoms. The fraction of sp³-hybridized carbons (Fsp3) is 0.167. The normalized spacial score (nSPS) is 12.7. The minimum Gasteiger partial charge on any atom is -0.457 e. The summed E-state index contributed by atoms with van der Waals surface area (Å²) in [4.78, 5) is 12.7. The summed E-state index contributed by atoms with van der Waals surface area (Å²) in [7, 11) is -3.75. The van der Waals surface area contributed by atoms with E-state index in [2.05, 4.69) is 26.5 Å². The number of benzene rings is 3. The molecule has 172 valence electrons. The van der Waals surface area contributed by atoms with Gasteiger partial charge in [-0.2, -0.15) is 5.10 Å². The van der Waals surface area contributed by atoms with E-state index in [1.54, 1.807) is 31.2 Å². The van der Waals surface area contributed by atoms with Gasteiger partial charge in [-0.3, -0.25) is 9.10 Å². The molecule has 3 aromatic rings. The van der Waals surface area contributed by atoms with Gasteiger partial charge >= 0.3 is 0 Å². The first-order valence-electron chi connectivity index (χ1n) is 10.1. The van der Waals surface area contributed by atoms with Crippen LogP contribution < -0.4 is 14.5 Å². The summed E-state index contributed by atoms with van der Waals surface area (Å²) in [6.45, 7) is 3.27. The average molecular weight is 530 g/mol. The highest BCUT2D eigenvalue weighted by Gasteiger charge is 2.29. The van der Waals surface area contributed by atoms with E-state index in [-0.39, 0.29) is 0 Å². The van der Waals surface area contributed by atoms with Crippen molar-refractivity contribution in [2.75, 3.05) is 10.6 Å². The van der Waals surface area contributed by atoms with Gasteiger partial charge in [0.1, 0.15) is 17.5 Å². The number of carbonyl (C=O) groups is 1. The van der Waals surface area contributed by atoms with Crippen molar-refractivity contribution in [1.29, 1.82) is 0 Å². The van der Waals surface area contributed by atoms with Crippen molar-refractivity contribution < 1.29 is 17.9 Å². The number of ether oxygens (including phenoxy) is 1. The summed E-state index contributed by atoms with van der Waals surface area (Å²) in [5, 5.41) is 4.12. The molecule has 0 aliphatic heterocycles. The van der Waals surface area contributed by atoms with Crippen LogP contribution in [-0.4, -0.2) is 32.3 Å². The highest BCUT2D eigenvalue weighted by Crippen LogP contribution is 2.27. The van der Waals surface area contributed by atoms with Crippen LogP contribution in [0.3, 0.4) is 0 Å². The number of nitrogens with one attached hydrogen (secondary N) is 1. The summed E-state index contributed by atoms with van der Waals surface area (Å²) in [6.07, 6.45) is 1.06. The fourth-order valence-corrected chi connectivity index (χ4v) is 4.52. The average Bonchev–Trinajstić information content (AvgIpc) is 2.78. The maximum Gasteiger partial charge on any atom is 0.263 e. The number of para-hydroxylation sites is 1. The Morgan fingerprint density at radius 2 is 1.55 bits per heavy atom. The van der Waals surface area contributed by atoms with Gasteiger partial charge in [0, 0.05) is 4.47 Å². The Bertz CT molecular complexity index is 1230. The minimum absolute atomic E-state index is 0.342. The lowest BCUT2D eigenvalue weighted by Gasteiger charge is -2.27. The molecular weight excluding hydrogens is 506 g/mol. The molecule has 0 radical (unpaired) electrons. The molecule has 0 aliphatic carbocycles. The largest absolute Gasteiger partial charge is 0.457 e. The molecule has 0 heterocycles. The molecular formula is C24H24BrN3O4S. The minimum atomic E-state index is -3.75. The summed E-state index contributed by atoms with van der Waals surface area (Å²) in [6, 6.07) is 22.2. The van der Waals surface area contributed by atoms with Crippen LogP contribution in [-0.2, 0) is 14.8 Å². The number of hydrazone groups is 1. The molecule has 3 aromatic carbocycles. The van der Waals surface area contributed by atoms with Crippen molar-refractivity contribution >= 4 is 43.3 Å². The third kappa shape index (κ3) is 6.66. The Balaban J connectivity index is 1.75. The number of hydrogen-bond acceptors (Lipinski definition) is 5. The van der Waals surface area contributed by atoms with E-state index in [1.165, 1.54) is 6.92 Å². The fourth-order valence-electron chi connectivity index (χ4n) is 3.08. The Hall–Kier alpha value is -3.17. The van der Waals surface area contributed by atoms with Crippen molar-refractivity contribution in [3.8, 4) is 11.5 Å². The smallest absolute Gasteiger partial charge is 0.263 e. The second-order valence-electron chi connectivity index (χ2n) is 7.32. The number of sulfonamides is 1.